The molecule has 1 atom stereocenters. The van der Waals surface area contributed by atoms with Crippen LogP contribution >= 0.6 is 0 Å². The maximum Gasteiger partial charge on any atom is 0.257 e. The highest BCUT2D eigenvalue weighted by Crippen LogP contribution is 2.32. The van der Waals surface area contributed by atoms with E-state index in [0.29, 0.717) is 11.3 Å². The molecule has 0 spiro atoms. The predicted molar refractivity (Wildman–Crippen MR) is 112 cm³/mol. The Morgan fingerprint density at radius 3 is 2.23 bits per heavy atom. The molecule has 0 N–H and O–H groups in total. The topological polar surface area (TPSA) is 57.7 Å². The molecule has 0 radical (unpaired) electrons. The Hall–Kier alpha value is -3.02. The Labute approximate surface area is 175 Å². The van der Waals surface area contributed by atoms with Crippen LogP contribution in [0.25, 0.3) is 0 Å². The maximum atomic E-state index is 13.4. The molecule has 1 unspecified atom stereocenters. The Kier molecular flexibility index (Phi) is 5.66. The Bertz CT molecular complexity index is 949. The molecule has 1 aliphatic heterocycles. The molecule has 1 saturated carbocycles. The minimum Gasteiger partial charge on any atom is -0.323 e. The number of nitrogens with zero attached hydrogens (tertiary/aromatic N) is 2. The molecule has 1 saturated heterocycles. The summed E-state index contributed by atoms with van der Waals surface area (Å²) in [5.41, 5.74) is 1.89. The largest absolute Gasteiger partial charge is 0.323 e. The number of hydrogen-bond donors (Lipinski definition) is 0. The number of rotatable bonds is 4. The van der Waals surface area contributed by atoms with E-state index in [-0.39, 0.29) is 30.2 Å². The lowest BCUT2D eigenvalue weighted by Crippen LogP contribution is -2.51. The van der Waals surface area contributed by atoms with Crippen LogP contribution < -0.4 is 4.90 Å². The lowest BCUT2D eigenvalue weighted by Gasteiger charge is -2.37. The van der Waals surface area contributed by atoms with Crippen LogP contribution in [0.5, 0.6) is 0 Å². The van der Waals surface area contributed by atoms with Crippen molar-refractivity contribution in [1.29, 1.82) is 0 Å². The zero-order valence-electron chi connectivity index (χ0n) is 17.0. The third-order valence-electron chi connectivity index (χ3n) is 6.04. The molecule has 5 nitrogen and oxygen atoms in total. The first-order chi connectivity index (χ1) is 14.5. The number of halogens is 1. The van der Waals surface area contributed by atoms with E-state index in [4.69, 9.17) is 0 Å². The van der Waals surface area contributed by atoms with E-state index in [1.165, 1.54) is 29.2 Å². The molecule has 1 heterocycles. The molecule has 0 bridgehead atoms. The first-order valence-electron chi connectivity index (χ1n) is 10.5. The van der Waals surface area contributed by atoms with Gasteiger partial charge in [-0.2, -0.15) is 0 Å². The summed E-state index contributed by atoms with van der Waals surface area (Å²) in [6.07, 6.45) is 4.63. The monoisotopic (exact) mass is 408 g/mol. The van der Waals surface area contributed by atoms with E-state index < -0.39 is 11.9 Å². The van der Waals surface area contributed by atoms with Gasteiger partial charge in [0.2, 0.25) is 5.91 Å². The second-order valence-corrected chi connectivity index (χ2v) is 8.13. The van der Waals surface area contributed by atoms with Crippen molar-refractivity contribution in [3.8, 4) is 0 Å². The molecule has 2 aromatic rings. The summed E-state index contributed by atoms with van der Waals surface area (Å²) in [5.74, 6) is -1.42. The summed E-state index contributed by atoms with van der Waals surface area (Å²) in [5, 5.41) is 0. The molecule has 6 heteroatoms. The Balaban J connectivity index is 1.67. The third-order valence-corrected chi connectivity index (χ3v) is 6.04. The van der Waals surface area contributed by atoms with Crippen LogP contribution in [0.1, 0.15) is 54.4 Å². The molecule has 156 valence electrons. The lowest BCUT2D eigenvalue weighted by atomic mass is 9.92. The average Bonchev–Trinajstić information content (AvgIpc) is 3.04. The molecular weight excluding hydrogens is 383 g/mol. The van der Waals surface area contributed by atoms with Gasteiger partial charge in [0.25, 0.3) is 11.8 Å². The van der Waals surface area contributed by atoms with Crippen LogP contribution in [0.15, 0.2) is 48.5 Å². The van der Waals surface area contributed by atoms with Gasteiger partial charge in [0, 0.05) is 11.6 Å². The number of carbonyl (C=O) groups excluding carboxylic acids is 3. The molecule has 0 aromatic heterocycles. The summed E-state index contributed by atoms with van der Waals surface area (Å²) < 4.78 is 13.4. The molecule has 1 aliphatic carbocycles. The van der Waals surface area contributed by atoms with E-state index in [2.05, 4.69) is 0 Å². The molecule has 4 rings (SSSR count). The van der Waals surface area contributed by atoms with Crippen LogP contribution in [-0.2, 0) is 9.59 Å². The number of amides is 3. The van der Waals surface area contributed by atoms with Gasteiger partial charge in [-0.05, 0) is 56.2 Å². The first-order valence-corrected chi connectivity index (χ1v) is 10.5. The van der Waals surface area contributed by atoms with E-state index in [9.17, 15) is 18.8 Å². The number of carbonyl (C=O) groups is 3. The fourth-order valence-corrected chi connectivity index (χ4v) is 4.46. The molecular formula is C24H25FN2O3. The van der Waals surface area contributed by atoms with Gasteiger partial charge in [-0.1, -0.05) is 37.0 Å². The number of benzene rings is 2. The highest BCUT2D eigenvalue weighted by molar-refractivity contribution is 6.23. The fourth-order valence-electron chi connectivity index (χ4n) is 4.46. The second kappa shape index (κ2) is 8.38. The van der Waals surface area contributed by atoms with Gasteiger partial charge in [-0.15, -0.1) is 0 Å². The number of hydrogen-bond acceptors (Lipinski definition) is 3. The molecule has 2 fully saturated rings. The summed E-state index contributed by atoms with van der Waals surface area (Å²) in [7, 11) is 0. The van der Waals surface area contributed by atoms with Crippen LogP contribution in [0.4, 0.5) is 10.1 Å². The van der Waals surface area contributed by atoms with Gasteiger partial charge in [0.15, 0.2) is 0 Å². The molecule has 2 aliphatic rings. The van der Waals surface area contributed by atoms with E-state index in [0.717, 1.165) is 37.7 Å². The summed E-state index contributed by atoms with van der Waals surface area (Å²) in [4.78, 5) is 42.3. The maximum absolute atomic E-state index is 13.4. The van der Waals surface area contributed by atoms with E-state index >= 15 is 0 Å². The van der Waals surface area contributed by atoms with Crippen molar-refractivity contribution in [3.63, 3.8) is 0 Å². The van der Waals surface area contributed by atoms with Crippen molar-refractivity contribution < 1.29 is 18.8 Å². The van der Waals surface area contributed by atoms with Gasteiger partial charge in [0.05, 0.1) is 12.1 Å². The van der Waals surface area contributed by atoms with Crippen LogP contribution in [0.3, 0.4) is 0 Å². The van der Waals surface area contributed by atoms with Crippen LogP contribution in [0, 0.1) is 12.7 Å². The smallest absolute Gasteiger partial charge is 0.257 e. The summed E-state index contributed by atoms with van der Waals surface area (Å²) >= 11 is 0. The minimum atomic E-state index is -0.834. The Morgan fingerprint density at radius 2 is 1.60 bits per heavy atom. The van der Waals surface area contributed by atoms with Crippen LogP contribution in [-0.4, -0.2) is 34.7 Å². The SMILES string of the molecule is Cc1ccc(N2C(=O)CC(N(C(=O)c3ccc(F)cc3)C3CCCCC3)C2=O)cc1. The predicted octanol–water partition coefficient (Wildman–Crippen LogP) is 4.24. The number of aryl methyl sites for hydroxylation is 1. The van der Waals surface area contributed by atoms with Gasteiger partial charge in [0.1, 0.15) is 11.9 Å². The van der Waals surface area contributed by atoms with Crippen molar-refractivity contribution in [2.24, 2.45) is 0 Å². The highest BCUT2D eigenvalue weighted by atomic mass is 19.1. The van der Waals surface area contributed by atoms with E-state index in [1.54, 1.807) is 17.0 Å². The van der Waals surface area contributed by atoms with Crippen molar-refractivity contribution in [3.05, 3.63) is 65.5 Å². The van der Waals surface area contributed by atoms with E-state index in [1.807, 2.05) is 19.1 Å². The quantitative estimate of drug-likeness (QED) is 0.711. The zero-order chi connectivity index (χ0) is 21.3. The average molecular weight is 408 g/mol. The summed E-state index contributed by atoms with van der Waals surface area (Å²) in [6, 6.07) is 11.6. The van der Waals surface area contributed by atoms with Crippen LogP contribution in [0.2, 0.25) is 0 Å². The van der Waals surface area contributed by atoms with Gasteiger partial charge >= 0.3 is 0 Å². The first kappa shape index (κ1) is 20.3. The van der Waals surface area contributed by atoms with Gasteiger partial charge in [-0.25, -0.2) is 9.29 Å². The number of anilines is 1. The minimum absolute atomic E-state index is 0.0316. The fraction of sp³-hybridized carbons (Fsp3) is 0.375. The van der Waals surface area contributed by atoms with Crippen molar-refractivity contribution in [2.75, 3.05) is 4.90 Å². The Morgan fingerprint density at radius 1 is 0.967 bits per heavy atom. The second-order valence-electron chi connectivity index (χ2n) is 8.13. The zero-order valence-corrected chi connectivity index (χ0v) is 17.0. The van der Waals surface area contributed by atoms with Gasteiger partial charge in [-0.3, -0.25) is 14.4 Å². The van der Waals surface area contributed by atoms with Crippen molar-refractivity contribution >= 4 is 23.4 Å². The normalized spacial score (nSPS) is 19.9. The molecule has 2 aromatic carbocycles. The summed E-state index contributed by atoms with van der Waals surface area (Å²) in [6.45, 7) is 1.94. The van der Waals surface area contributed by atoms with Crippen molar-refractivity contribution in [1.82, 2.24) is 4.90 Å². The third kappa shape index (κ3) is 3.86. The lowest BCUT2D eigenvalue weighted by molar-refractivity contribution is -0.123. The molecule has 30 heavy (non-hydrogen) atoms. The van der Waals surface area contributed by atoms with Gasteiger partial charge < -0.3 is 4.90 Å². The van der Waals surface area contributed by atoms with Crippen molar-refractivity contribution in [2.45, 2.75) is 57.5 Å². The molecule has 3 amide bonds. The number of imide groups is 1. The standard InChI is InChI=1S/C24H25FN2O3/c1-16-7-13-20(14-8-16)27-22(28)15-21(24(27)30)26(19-5-3-2-4-6-19)23(29)17-9-11-18(25)12-10-17/h7-14,19,21H,2-6,15H2,1H3. The highest BCUT2D eigenvalue weighted by Gasteiger charge is 2.46.